The van der Waals surface area contributed by atoms with Gasteiger partial charge in [0.1, 0.15) is 11.6 Å². The van der Waals surface area contributed by atoms with Gasteiger partial charge in [0.05, 0.1) is 7.11 Å². The number of benzene rings is 1. The first-order chi connectivity index (χ1) is 9.17. The van der Waals surface area contributed by atoms with Gasteiger partial charge in [-0.3, -0.25) is 0 Å². The fourth-order valence-electron chi connectivity index (χ4n) is 2.76. The smallest absolute Gasteiger partial charge is 0.239 e. The topological polar surface area (TPSA) is 66.0 Å². The van der Waals surface area contributed by atoms with E-state index in [4.69, 9.17) is 10.5 Å². The third-order valence-corrected chi connectivity index (χ3v) is 3.71. The molecule has 0 saturated carbocycles. The lowest BCUT2D eigenvalue weighted by molar-refractivity contribution is 0.387. The molecule has 19 heavy (non-hydrogen) atoms. The summed E-state index contributed by atoms with van der Waals surface area (Å²) in [5, 5.41) is 4.19. The van der Waals surface area contributed by atoms with Crippen molar-refractivity contribution in [2.45, 2.75) is 32.2 Å². The van der Waals surface area contributed by atoms with Crippen LogP contribution in [0.3, 0.4) is 0 Å². The number of nitrogen functional groups attached to an aromatic ring is 1. The number of aryl methyl sites for hydroxylation is 2. The molecule has 3 rings (SSSR count). The van der Waals surface area contributed by atoms with Gasteiger partial charge in [-0.05, 0) is 30.9 Å². The predicted molar refractivity (Wildman–Crippen MR) is 73.2 cm³/mol. The molecular formula is C14H18N4O. The molecule has 100 valence electrons. The SMILES string of the molecule is COc1ccc(C)cc1C1CCn2nc(N)nc2C1. The van der Waals surface area contributed by atoms with Crippen LogP contribution in [-0.2, 0) is 13.0 Å². The monoisotopic (exact) mass is 258 g/mol. The average molecular weight is 258 g/mol. The van der Waals surface area contributed by atoms with E-state index < -0.39 is 0 Å². The van der Waals surface area contributed by atoms with Gasteiger partial charge in [-0.1, -0.05) is 17.7 Å². The number of fused-ring (bicyclic) bond motifs is 1. The first kappa shape index (κ1) is 12.0. The number of rotatable bonds is 2. The van der Waals surface area contributed by atoms with Crippen LogP contribution >= 0.6 is 0 Å². The third-order valence-electron chi connectivity index (χ3n) is 3.71. The lowest BCUT2D eigenvalue weighted by Gasteiger charge is -2.24. The molecule has 5 nitrogen and oxygen atoms in total. The molecule has 1 atom stereocenters. The molecule has 1 aliphatic rings. The molecule has 1 aliphatic heterocycles. The van der Waals surface area contributed by atoms with E-state index >= 15 is 0 Å². The second kappa shape index (κ2) is 4.57. The number of ether oxygens (including phenoxy) is 1. The van der Waals surface area contributed by atoms with Gasteiger partial charge in [-0.2, -0.15) is 4.98 Å². The number of methoxy groups -OCH3 is 1. The zero-order valence-electron chi connectivity index (χ0n) is 11.3. The van der Waals surface area contributed by atoms with Gasteiger partial charge < -0.3 is 10.5 Å². The summed E-state index contributed by atoms with van der Waals surface area (Å²) in [5.74, 6) is 2.71. The van der Waals surface area contributed by atoms with Crippen molar-refractivity contribution < 1.29 is 4.74 Å². The molecule has 5 heteroatoms. The van der Waals surface area contributed by atoms with Crippen LogP contribution in [0, 0.1) is 6.92 Å². The van der Waals surface area contributed by atoms with Crippen molar-refractivity contribution in [3.05, 3.63) is 35.2 Å². The molecule has 0 saturated heterocycles. The first-order valence-corrected chi connectivity index (χ1v) is 6.51. The molecule has 1 aromatic carbocycles. The number of hydrogen-bond donors (Lipinski definition) is 1. The highest BCUT2D eigenvalue weighted by Gasteiger charge is 2.25. The summed E-state index contributed by atoms with van der Waals surface area (Å²) < 4.78 is 7.39. The number of nitrogens with zero attached hydrogens (tertiary/aromatic N) is 3. The largest absolute Gasteiger partial charge is 0.496 e. The van der Waals surface area contributed by atoms with Crippen LogP contribution in [0.2, 0.25) is 0 Å². The second-order valence-corrected chi connectivity index (χ2v) is 5.04. The zero-order valence-corrected chi connectivity index (χ0v) is 11.3. The minimum atomic E-state index is 0.367. The Morgan fingerprint density at radius 3 is 3.05 bits per heavy atom. The highest BCUT2D eigenvalue weighted by atomic mass is 16.5. The highest BCUT2D eigenvalue weighted by Crippen LogP contribution is 2.35. The summed E-state index contributed by atoms with van der Waals surface area (Å²) >= 11 is 0. The quantitative estimate of drug-likeness (QED) is 0.893. The number of hydrogen-bond acceptors (Lipinski definition) is 4. The van der Waals surface area contributed by atoms with Gasteiger partial charge in [-0.15, -0.1) is 5.10 Å². The average Bonchev–Trinajstić information content (AvgIpc) is 2.77. The maximum Gasteiger partial charge on any atom is 0.239 e. The Labute approximate surface area is 112 Å². The maximum absolute atomic E-state index is 5.65. The van der Waals surface area contributed by atoms with E-state index in [1.165, 1.54) is 11.1 Å². The Bertz CT molecular complexity index is 605. The molecule has 2 N–H and O–H groups in total. The lowest BCUT2D eigenvalue weighted by atomic mass is 9.88. The van der Waals surface area contributed by atoms with E-state index in [9.17, 15) is 0 Å². The molecule has 1 aromatic heterocycles. The fourth-order valence-corrected chi connectivity index (χ4v) is 2.76. The molecule has 0 amide bonds. The molecule has 1 unspecified atom stereocenters. The van der Waals surface area contributed by atoms with E-state index in [1.807, 2.05) is 10.7 Å². The van der Waals surface area contributed by atoms with Gasteiger partial charge in [0, 0.05) is 13.0 Å². The molecule has 0 fully saturated rings. The van der Waals surface area contributed by atoms with Crippen LogP contribution in [0.25, 0.3) is 0 Å². The fraction of sp³-hybridized carbons (Fsp3) is 0.429. The van der Waals surface area contributed by atoms with E-state index in [-0.39, 0.29) is 0 Å². The van der Waals surface area contributed by atoms with Crippen molar-refractivity contribution in [2.24, 2.45) is 0 Å². The third kappa shape index (κ3) is 2.16. The van der Waals surface area contributed by atoms with Gasteiger partial charge in [-0.25, -0.2) is 4.68 Å². The molecule has 0 aliphatic carbocycles. The van der Waals surface area contributed by atoms with Crippen molar-refractivity contribution in [1.82, 2.24) is 14.8 Å². The van der Waals surface area contributed by atoms with Crippen molar-refractivity contribution in [1.29, 1.82) is 0 Å². The highest BCUT2D eigenvalue weighted by molar-refractivity contribution is 5.40. The van der Waals surface area contributed by atoms with Crippen LogP contribution < -0.4 is 10.5 Å². The van der Waals surface area contributed by atoms with Crippen molar-refractivity contribution in [2.75, 3.05) is 12.8 Å². The summed E-state index contributed by atoms with van der Waals surface area (Å²) in [5.41, 5.74) is 8.17. The summed E-state index contributed by atoms with van der Waals surface area (Å²) in [6.45, 7) is 2.97. The molecule has 0 spiro atoms. The minimum absolute atomic E-state index is 0.367. The minimum Gasteiger partial charge on any atom is -0.496 e. The van der Waals surface area contributed by atoms with E-state index in [1.54, 1.807) is 7.11 Å². The summed E-state index contributed by atoms with van der Waals surface area (Å²) in [6, 6.07) is 6.32. The molecule has 2 heterocycles. The summed E-state index contributed by atoms with van der Waals surface area (Å²) in [7, 11) is 1.72. The summed E-state index contributed by atoms with van der Waals surface area (Å²) in [6.07, 6.45) is 1.90. The van der Waals surface area contributed by atoms with E-state index in [2.05, 4.69) is 29.1 Å². The molecule has 0 radical (unpaired) electrons. The van der Waals surface area contributed by atoms with Crippen molar-refractivity contribution in [3.8, 4) is 5.75 Å². The van der Waals surface area contributed by atoms with Gasteiger partial charge in [0.15, 0.2) is 0 Å². The molecule has 0 bridgehead atoms. The lowest BCUT2D eigenvalue weighted by Crippen LogP contribution is -2.19. The normalized spacial score (nSPS) is 18.1. The van der Waals surface area contributed by atoms with Crippen molar-refractivity contribution >= 4 is 5.95 Å². The maximum atomic E-state index is 5.65. The van der Waals surface area contributed by atoms with Crippen LogP contribution in [0.1, 0.15) is 29.3 Å². The van der Waals surface area contributed by atoms with Crippen LogP contribution in [0.5, 0.6) is 5.75 Å². The Kier molecular flexibility index (Phi) is 2.89. The predicted octanol–water partition coefficient (Wildman–Crippen LogP) is 1.91. The van der Waals surface area contributed by atoms with Gasteiger partial charge in [0.2, 0.25) is 5.95 Å². The van der Waals surface area contributed by atoms with Crippen LogP contribution in [0.15, 0.2) is 18.2 Å². The van der Waals surface area contributed by atoms with E-state index in [0.717, 1.165) is 31.0 Å². The summed E-state index contributed by atoms with van der Waals surface area (Å²) in [4.78, 5) is 4.29. The Morgan fingerprint density at radius 2 is 2.26 bits per heavy atom. The molecular weight excluding hydrogens is 240 g/mol. The Hall–Kier alpha value is -2.04. The van der Waals surface area contributed by atoms with Crippen LogP contribution in [0.4, 0.5) is 5.95 Å². The van der Waals surface area contributed by atoms with E-state index in [0.29, 0.717) is 11.9 Å². The van der Waals surface area contributed by atoms with Crippen molar-refractivity contribution in [3.63, 3.8) is 0 Å². The number of aromatic nitrogens is 3. The number of nitrogens with two attached hydrogens (primary N) is 1. The first-order valence-electron chi connectivity index (χ1n) is 6.51. The molecule has 2 aromatic rings. The van der Waals surface area contributed by atoms with Crippen LogP contribution in [-0.4, -0.2) is 21.9 Å². The van der Waals surface area contributed by atoms with Gasteiger partial charge >= 0.3 is 0 Å². The second-order valence-electron chi connectivity index (χ2n) is 5.04. The Morgan fingerprint density at radius 1 is 1.42 bits per heavy atom. The Balaban J connectivity index is 1.94. The zero-order chi connectivity index (χ0) is 13.4. The standard InChI is InChI=1S/C14H18N4O/c1-9-3-4-12(19-2)11(7-9)10-5-6-18-13(8-10)16-14(15)17-18/h3-4,7,10H,5-6,8H2,1-2H3,(H2,15,17). The van der Waals surface area contributed by atoms with Gasteiger partial charge in [0.25, 0.3) is 0 Å². The number of anilines is 1.